The summed E-state index contributed by atoms with van der Waals surface area (Å²) < 4.78 is 20.6. The lowest BCUT2D eigenvalue weighted by molar-refractivity contribution is -0.131. The number of H-pyrrole nitrogens is 1. The van der Waals surface area contributed by atoms with E-state index in [0.717, 1.165) is 17.4 Å². The topological polar surface area (TPSA) is 87.5 Å². The zero-order valence-corrected chi connectivity index (χ0v) is 18.1. The highest BCUT2D eigenvalue weighted by atomic mass is 19.1. The van der Waals surface area contributed by atoms with Gasteiger partial charge in [-0.3, -0.25) is 4.79 Å². The Bertz CT molecular complexity index is 1100. The molecule has 3 N–H and O–H groups in total. The lowest BCUT2D eigenvalue weighted by atomic mass is 10.1. The monoisotopic (exact) mass is 425 g/mol. The van der Waals surface area contributed by atoms with Crippen LogP contribution in [0.3, 0.4) is 0 Å². The number of likely N-dealkylation sites (N-methyl/N-ethyl adjacent to an activating group) is 1. The van der Waals surface area contributed by atoms with Crippen LogP contribution >= 0.6 is 0 Å². The van der Waals surface area contributed by atoms with Crippen molar-refractivity contribution in [3.05, 3.63) is 53.6 Å². The van der Waals surface area contributed by atoms with Crippen LogP contribution in [0.5, 0.6) is 11.5 Å². The molecule has 0 saturated carbocycles. The van der Waals surface area contributed by atoms with Gasteiger partial charge in [-0.05, 0) is 63.2 Å². The minimum atomic E-state index is -0.700. The molecular formula is C23H28FN5O2. The number of benzene rings is 1. The van der Waals surface area contributed by atoms with Crippen LogP contribution in [0.4, 0.5) is 4.39 Å². The number of likely N-dealkylation sites (tertiary alicyclic amines) is 1. The first-order valence-electron chi connectivity index (χ1n) is 10.4. The molecule has 1 fully saturated rings. The van der Waals surface area contributed by atoms with Crippen molar-refractivity contribution in [2.24, 2.45) is 5.73 Å². The predicted molar refractivity (Wildman–Crippen MR) is 118 cm³/mol. The molecule has 1 saturated heterocycles. The summed E-state index contributed by atoms with van der Waals surface area (Å²) >= 11 is 0. The summed E-state index contributed by atoms with van der Waals surface area (Å²) in [5.74, 6) is 0.0632. The summed E-state index contributed by atoms with van der Waals surface area (Å²) in [6.45, 7) is 3.32. The molecule has 7 nitrogen and oxygen atoms in total. The normalized spacial score (nSPS) is 17.5. The number of fused-ring (bicyclic) bond motifs is 1. The van der Waals surface area contributed by atoms with E-state index in [-0.39, 0.29) is 18.1 Å². The second-order valence-corrected chi connectivity index (χ2v) is 8.37. The number of carbonyl (C=O) groups is 1. The first-order valence-corrected chi connectivity index (χ1v) is 10.4. The number of hydrogen-bond donors (Lipinski definition) is 2. The minimum Gasteiger partial charge on any atom is -0.453 e. The second kappa shape index (κ2) is 8.64. The molecule has 2 atom stereocenters. The van der Waals surface area contributed by atoms with E-state index in [2.05, 4.69) is 14.9 Å². The van der Waals surface area contributed by atoms with E-state index in [0.29, 0.717) is 36.1 Å². The van der Waals surface area contributed by atoms with Gasteiger partial charge in [-0.1, -0.05) is 6.07 Å². The average Bonchev–Trinajstić information content (AvgIpc) is 3.37. The zero-order chi connectivity index (χ0) is 22.1. The van der Waals surface area contributed by atoms with Gasteiger partial charge < -0.3 is 25.3 Å². The van der Waals surface area contributed by atoms with Crippen LogP contribution in [0.1, 0.15) is 17.5 Å². The number of halogens is 1. The third-order valence-electron chi connectivity index (χ3n) is 5.93. The van der Waals surface area contributed by atoms with Crippen LogP contribution in [0.15, 0.2) is 36.7 Å². The van der Waals surface area contributed by atoms with Crippen molar-refractivity contribution in [3.63, 3.8) is 0 Å². The molecule has 0 spiro atoms. The summed E-state index contributed by atoms with van der Waals surface area (Å²) in [5.41, 5.74) is 8.48. The van der Waals surface area contributed by atoms with Gasteiger partial charge in [0.25, 0.3) is 0 Å². The molecule has 1 aliphatic rings. The van der Waals surface area contributed by atoms with Gasteiger partial charge >= 0.3 is 0 Å². The Morgan fingerprint density at radius 2 is 2.19 bits per heavy atom. The van der Waals surface area contributed by atoms with Crippen molar-refractivity contribution < 1.29 is 13.9 Å². The van der Waals surface area contributed by atoms with E-state index in [4.69, 9.17) is 10.5 Å². The summed E-state index contributed by atoms with van der Waals surface area (Å²) in [5, 5.41) is 0.820. The highest BCUT2D eigenvalue weighted by Crippen LogP contribution is 2.32. The molecule has 3 heterocycles. The molecular weight excluding hydrogens is 397 g/mol. The fourth-order valence-corrected chi connectivity index (χ4v) is 4.08. The largest absolute Gasteiger partial charge is 0.453 e. The molecule has 2 aromatic heterocycles. The maximum absolute atomic E-state index is 14.8. The standard InChI is InChI=1S/C23H28FN5O2/c1-14-12-27-22-21(14)20(6-8-26-22)31-19-5-4-15(10-17(19)24)11-18(25)23(30)29-9-7-16(13-29)28(2)3/h4-6,8,10,12,16,18H,7,9,11,13,25H2,1-3H3,(H,26,27)/t16-,18-/m0/s1. The van der Waals surface area contributed by atoms with E-state index in [1.165, 1.54) is 6.07 Å². The average molecular weight is 426 g/mol. The van der Waals surface area contributed by atoms with Gasteiger partial charge in [0, 0.05) is 31.5 Å². The van der Waals surface area contributed by atoms with Crippen LogP contribution in [-0.4, -0.2) is 64.9 Å². The van der Waals surface area contributed by atoms with Gasteiger partial charge in [0.05, 0.1) is 11.4 Å². The van der Waals surface area contributed by atoms with Gasteiger partial charge in [-0.25, -0.2) is 9.37 Å². The highest BCUT2D eigenvalue weighted by Gasteiger charge is 2.30. The maximum Gasteiger partial charge on any atom is 0.239 e. The molecule has 0 radical (unpaired) electrons. The summed E-state index contributed by atoms with van der Waals surface area (Å²) in [7, 11) is 4.03. The van der Waals surface area contributed by atoms with E-state index < -0.39 is 11.9 Å². The Morgan fingerprint density at radius 1 is 1.39 bits per heavy atom. The van der Waals surface area contributed by atoms with Crippen molar-refractivity contribution in [1.29, 1.82) is 0 Å². The first kappa shape index (κ1) is 21.3. The van der Waals surface area contributed by atoms with E-state index in [1.807, 2.05) is 27.2 Å². The number of pyridine rings is 1. The number of nitrogens with zero attached hydrogens (tertiary/aromatic N) is 3. The number of ether oxygens (including phenoxy) is 1. The molecule has 0 bridgehead atoms. The Kier molecular flexibility index (Phi) is 5.93. The Hall–Kier alpha value is -2.97. The summed E-state index contributed by atoms with van der Waals surface area (Å²) in [6, 6.07) is 6.08. The van der Waals surface area contributed by atoms with Crippen molar-refractivity contribution >= 4 is 16.9 Å². The van der Waals surface area contributed by atoms with Crippen molar-refractivity contribution in [2.75, 3.05) is 27.2 Å². The molecule has 1 amide bonds. The molecule has 1 aliphatic heterocycles. The molecule has 164 valence electrons. The number of aromatic nitrogens is 2. The van der Waals surface area contributed by atoms with Crippen molar-refractivity contribution in [3.8, 4) is 11.5 Å². The number of aryl methyl sites for hydroxylation is 1. The Labute approximate surface area is 181 Å². The summed E-state index contributed by atoms with van der Waals surface area (Å²) in [6.07, 6.45) is 4.66. The zero-order valence-electron chi connectivity index (χ0n) is 18.1. The lowest BCUT2D eigenvalue weighted by Gasteiger charge is -2.23. The van der Waals surface area contributed by atoms with Crippen LogP contribution < -0.4 is 10.5 Å². The van der Waals surface area contributed by atoms with E-state index >= 15 is 0 Å². The SMILES string of the molecule is Cc1c[nH]c2nccc(Oc3ccc(C[C@H](N)C(=O)N4CC[C@H](N(C)C)C4)cc3F)c12. The molecule has 4 rings (SSSR count). The van der Waals surface area contributed by atoms with E-state index in [9.17, 15) is 9.18 Å². The minimum absolute atomic E-state index is 0.0906. The molecule has 8 heteroatoms. The number of hydrogen-bond acceptors (Lipinski definition) is 5. The number of amides is 1. The molecule has 0 aliphatic carbocycles. The number of carbonyl (C=O) groups excluding carboxylic acids is 1. The van der Waals surface area contributed by atoms with Gasteiger partial charge in [0.2, 0.25) is 5.91 Å². The molecule has 1 aromatic carbocycles. The number of rotatable bonds is 6. The van der Waals surface area contributed by atoms with Crippen LogP contribution in [-0.2, 0) is 11.2 Å². The first-order chi connectivity index (χ1) is 14.8. The number of aromatic amines is 1. The third kappa shape index (κ3) is 4.40. The van der Waals surface area contributed by atoms with Gasteiger partial charge in [0.15, 0.2) is 11.6 Å². The van der Waals surface area contributed by atoms with Crippen molar-refractivity contribution in [1.82, 2.24) is 19.8 Å². The Balaban J connectivity index is 1.44. The van der Waals surface area contributed by atoms with Gasteiger partial charge in [0.1, 0.15) is 11.4 Å². The molecule has 3 aromatic rings. The summed E-state index contributed by atoms with van der Waals surface area (Å²) in [4.78, 5) is 23.9. The quantitative estimate of drug-likeness (QED) is 0.634. The molecule has 0 unspecified atom stereocenters. The highest BCUT2D eigenvalue weighted by molar-refractivity contribution is 5.86. The van der Waals surface area contributed by atoms with Crippen LogP contribution in [0, 0.1) is 12.7 Å². The van der Waals surface area contributed by atoms with E-state index in [1.54, 1.807) is 29.3 Å². The fraction of sp³-hybridized carbons (Fsp3) is 0.391. The van der Waals surface area contributed by atoms with Crippen LogP contribution in [0.25, 0.3) is 11.0 Å². The number of nitrogens with one attached hydrogen (secondary N) is 1. The number of nitrogens with two attached hydrogens (primary N) is 1. The fourth-order valence-electron chi connectivity index (χ4n) is 4.08. The van der Waals surface area contributed by atoms with Crippen molar-refractivity contribution in [2.45, 2.75) is 31.8 Å². The van der Waals surface area contributed by atoms with Gasteiger partial charge in [-0.15, -0.1) is 0 Å². The maximum atomic E-state index is 14.8. The predicted octanol–water partition coefficient (Wildman–Crippen LogP) is 2.84. The third-order valence-corrected chi connectivity index (χ3v) is 5.93. The lowest BCUT2D eigenvalue weighted by Crippen LogP contribution is -2.45. The molecule has 31 heavy (non-hydrogen) atoms. The Morgan fingerprint density at radius 3 is 2.90 bits per heavy atom. The smallest absolute Gasteiger partial charge is 0.239 e. The second-order valence-electron chi connectivity index (χ2n) is 8.37. The van der Waals surface area contributed by atoms with Gasteiger partial charge in [-0.2, -0.15) is 0 Å². The van der Waals surface area contributed by atoms with Crippen LogP contribution in [0.2, 0.25) is 0 Å².